The summed E-state index contributed by atoms with van der Waals surface area (Å²) >= 11 is 0. The first-order valence-corrected chi connectivity index (χ1v) is 5.05. The van der Waals surface area contributed by atoms with Gasteiger partial charge in [-0.2, -0.15) is 5.10 Å². The number of ether oxygens (including phenoxy) is 1. The van der Waals surface area contributed by atoms with Crippen LogP contribution in [0.2, 0.25) is 0 Å². The summed E-state index contributed by atoms with van der Waals surface area (Å²) < 4.78 is 6.40. The largest absolute Gasteiger partial charge is 0.468 e. The summed E-state index contributed by atoms with van der Waals surface area (Å²) in [6.07, 6.45) is 0.924. The number of carbonyl (C=O) groups excluding carboxylic acids is 1. The summed E-state index contributed by atoms with van der Waals surface area (Å²) in [5.74, 6) is -0.251. The third kappa shape index (κ3) is 1.87. The Kier molecular flexibility index (Phi) is 2.73. The van der Waals surface area contributed by atoms with Crippen molar-refractivity contribution in [2.24, 2.45) is 0 Å². The van der Waals surface area contributed by atoms with Crippen LogP contribution in [-0.2, 0) is 29.0 Å². The number of rotatable bonds is 2. The van der Waals surface area contributed by atoms with Crippen molar-refractivity contribution in [1.29, 1.82) is 0 Å². The Morgan fingerprint density at radius 2 is 2.47 bits per heavy atom. The molecule has 5 heteroatoms. The van der Waals surface area contributed by atoms with E-state index in [1.54, 1.807) is 4.68 Å². The highest BCUT2D eigenvalue weighted by Crippen LogP contribution is 2.17. The lowest BCUT2D eigenvalue weighted by molar-refractivity contribution is -0.141. The Bertz CT molecular complexity index is 384. The SMILES string of the molecule is COC(=O)Cn1nc(C)c2c1CCNC2. The smallest absolute Gasteiger partial charge is 0.327 e. The van der Waals surface area contributed by atoms with Gasteiger partial charge in [-0.3, -0.25) is 9.48 Å². The van der Waals surface area contributed by atoms with Gasteiger partial charge < -0.3 is 10.1 Å². The molecule has 1 N–H and O–H groups in total. The van der Waals surface area contributed by atoms with Gasteiger partial charge in [0.05, 0.1) is 12.8 Å². The van der Waals surface area contributed by atoms with Crippen LogP contribution < -0.4 is 5.32 Å². The Morgan fingerprint density at radius 3 is 3.20 bits per heavy atom. The molecule has 0 unspecified atom stereocenters. The topological polar surface area (TPSA) is 56.2 Å². The van der Waals surface area contributed by atoms with E-state index in [9.17, 15) is 4.79 Å². The average Bonchev–Trinajstić information content (AvgIpc) is 2.57. The molecule has 1 aromatic heterocycles. The van der Waals surface area contributed by atoms with Crippen molar-refractivity contribution >= 4 is 5.97 Å². The summed E-state index contributed by atoms with van der Waals surface area (Å²) in [7, 11) is 1.40. The van der Waals surface area contributed by atoms with Crippen LogP contribution in [0.3, 0.4) is 0 Å². The highest BCUT2D eigenvalue weighted by atomic mass is 16.5. The van der Waals surface area contributed by atoms with Gasteiger partial charge in [-0.05, 0) is 6.92 Å². The van der Waals surface area contributed by atoms with E-state index in [2.05, 4.69) is 15.2 Å². The third-order valence-corrected chi connectivity index (χ3v) is 2.71. The maximum absolute atomic E-state index is 11.2. The highest BCUT2D eigenvalue weighted by molar-refractivity contribution is 5.69. The maximum atomic E-state index is 11.2. The number of hydrogen-bond acceptors (Lipinski definition) is 4. The molecular weight excluding hydrogens is 194 g/mol. The minimum Gasteiger partial charge on any atom is -0.468 e. The molecule has 0 saturated carbocycles. The number of nitrogens with one attached hydrogen (secondary N) is 1. The van der Waals surface area contributed by atoms with E-state index in [-0.39, 0.29) is 12.5 Å². The molecular formula is C10H15N3O2. The van der Waals surface area contributed by atoms with E-state index in [4.69, 9.17) is 0 Å². The normalized spacial score (nSPS) is 14.8. The van der Waals surface area contributed by atoms with Gasteiger partial charge in [-0.25, -0.2) is 0 Å². The molecule has 0 spiro atoms. The molecule has 1 aliphatic rings. The fourth-order valence-corrected chi connectivity index (χ4v) is 1.91. The van der Waals surface area contributed by atoms with E-state index in [0.29, 0.717) is 0 Å². The summed E-state index contributed by atoms with van der Waals surface area (Å²) in [6, 6.07) is 0. The van der Waals surface area contributed by atoms with E-state index in [1.165, 1.54) is 12.7 Å². The lowest BCUT2D eigenvalue weighted by atomic mass is 10.1. The first kappa shape index (κ1) is 10.2. The molecule has 0 radical (unpaired) electrons. The molecule has 0 aliphatic carbocycles. The number of aryl methyl sites for hydroxylation is 1. The Labute approximate surface area is 88.4 Å². The Morgan fingerprint density at radius 1 is 1.67 bits per heavy atom. The van der Waals surface area contributed by atoms with Crippen LogP contribution >= 0.6 is 0 Å². The van der Waals surface area contributed by atoms with Crippen molar-refractivity contribution < 1.29 is 9.53 Å². The van der Waals surface area contributed by atoms with Crippen LogP contribution in [0.1, 0.15) is 17.0 Å². The monoisotopic (exact) mass is 209 g/mol. The molecule has 0 amide bonds. The second-order valence-corrected chi connectivity index (χ2v) is 3.67. The van der Waals surface area contributed by atoms with Gasteiger partial charge in [0.25, 0.3) is 0 Å². The highest BCUT2D eigenvalue weighted by Gasteiger charge is 2.19. The van der Waals surface area contributed by atoms with Crippen molar-refractivity contribution in [1.82, 2.24) is 15.1 Å². The Balaban J connectivity index is 2.28. The van der Waals surface area contributed by atoms with Crippen LogP contribution in [0.4, 0.5) is 0 Å². The number of fused-ring (bicyclic) bond motifs is 1. The zero-order valence-electron chi connectivity index (χ0n) is 9.04. The van der Waals surface area contributed by atoms with Crippen LogP contribution in [-0.4, -0.2) is 29.4 Å². The van der Waals surface area contributed by atoms with Gasteiger partial charge in [-0.1, -0.05) is 0 Å². The molecule has 0 bridgehead atoms. The minimum absolute atomic E-state index is 0.215. The predicted molar refractivity (Wildman–Crippen MR) is 54.4 cm³/mol. The molecule has 2 heterocycles. The molecule has 82 valence electrons. The van der Waals surface area contributed by atoms with E-state index in [0.717, 1.165) is 30.9 Å². The van der Waals surface area contributed by atoms with Gasteiger partial charge in [0.15, 0.2) is 0 Å². The molecule has 0 fully saturated rings. The molecule has 1 aromatic rings. The van der Waals surface area contributed by atoms with Crippen molar-refractivity contribution in [3.63, 3.8) is 0 Å². The van der Waals surface area contributed by atoms with Crippen LogP contribution in [0.25, 0.3) is 0 Å². The number of carbonyl (C=O) groups is 1. The lowest BCUT2D eigenvalue weighted by Crippen LogP contribution is -2.26. The van der Waals surface area contributed by atoms with Crippen molar-refractivity contribution in [3.05, 3.63) is 17.0 Å². The standard InChI is InChI=1S/C10H15N3O2/c1-7-8-5-11-4-3-9(8)13(12-7)6-10(14)15-2/h11H,3-6H2,1-2H3. The summed E-state index contributed by atoms with van der Waals surface area (Å²) in [5.41, 5.74) is 3.39. The number of hydrogen-bond donors (Lipinski definition) is 1. The summed E-state index contributed by atoms with van der Waals surface area (Å²) in [5, 5.41) is 7.65. The number of esters is 1. The van der Waals surface area contributed by atoms with Crippen molar-refractivity contribution in [2.45, 2.75) is 26.4 Å². The van der Waals surface area contributed by atoms with Crippen LogP contribution in [0.15, 0.2) is 0 Å². The molecule has 0 atom stereocenters. The first-order chi connectivity index (χ1) is 7.22. The van der Waals surface area contributed by atoms with E-state index in [1.807, 2.05) is 6.92 Å². The second kappa shape index (κ2) is 4.02. The maximum Gasteiger partial charge on any atom is 0.327 e. The van der Waals surface area contributed by atoms with Crippen LogP contribution in [0.5, 0.6) is 0 Å². The van der Waals surface area contributed by atoms with E-state index >= 15 is 0 Å². The van der Waals surface area contributed by atoms with Gasteiger partial charge >= 0.3 is 5.97 Å². The number of aromatic nitrogens is 2. The average molecular weight is 209 g/mol. The van der Waals surface area contributed by atoms with Crippen LogP contribution in [0, 0.1) is 6.92 Å². The fourth-order valence-electron chi connectivity index (χ4n) is 1.91. The van der Waals surface area contributed by atoms with Crippen molar-refractivity contribution in [2.75, 3.05) is 13.7 Å². The number of methoxy groups -OCH3 is 1. The Hall–Kier alpha value is -1.36. The first-order valence-electron chi connectivity index (χ1n) is 5.05. The third-order valence-electron chi connectivity index (χ3n) is 2.71. The number of nitrogens with zero attached hydrogens (tertiary/aromatic N) is 2. The van der Waals surface area contributed by atoms with Gasteiger partial charge in [0, 0.05) is 30.8 Å². The van der Waals surface area contributed by atoms with E-state index < -0.39 is 0 Å². The predicted octanol–water partition coefficient (Wildman–Crippen LogP) is 0.0102. The zero-order chi connectivity index (χ0) is 10.8. The van der Waals surface area contributed by atoms with Gasteiger partial charge in [0.1, 0.15) is 6.54 Å². The summed E-state index contributed by atoms with van der Waals surface area (Å²) in [4.78, 5) is 11.2. The molecule has 0 saturated heterocycles. The van der Waals surface area contributed by atoms with Gasteiger partial charge in [0.2, 0.25) is 0 Å². The fraction of sp³-hybridized carbons (Fsp3) is 0.600. The quantitative estimate of drug-likeness (QED) is 0.697. The molecule has 1 aliphatic heterocycles. The minimum atomic E-state index is -0.251. The molecule has 15 heavy (non-hydrogen) atoms. The zero-order valence-corrected chi connectivity index (χ0v) is 9.04. The molecule has 0 aromatic carbocycles. The second-order valence-electron chi connectivity index (χ2n) is 3.67. The summed E-state index contributed by atoms with van der Waals surface area (Å²) in [6.45, 7) is 3.98. The lowest BCUT2D eigenvalue weighted by Gasteiger charge is -2.14. The van der Waals surface area contributed by atoms with Crippen molar-refractivity contribution in [3.8, 4) is 0 Å². The molecule has 2 rings (SSSR count). The van der Waals surface area contributed by atoms with Gasteiger partial charge in [-0.15, -0.1) is 0 Å². The molecule has 5 nitrogen and oxygen atoms in total.